The van der Waals surface area contributed by atoms with Crippen molar-refractivity contribution < 1.29 is 4.74 Å². The highest BCUT2D eigenvalue weighted by atomic mass is 32.1. The van der Waals surface area contributed by atoms with Crippen molar-refractivity contribution in [2.75, 3.05) is 11.9 Å². The van der Waals surface area contributed by atoms with Crippen molar-refractivity contribution in [2.45, 2.75) is 6.92 Å². The summed E-state index contributed by atoms with van der Waals surface area (Å²) in [6, 6.07) is 5.40. The fraction of sp³-hybridized carbons (Fsp3) is 0.167. The third kappa shape index (κ3) is 1.88. The lowest BCUT2D eigenvalue weighted by molar-refractivity contribution is 0.335. The molecule has 0 saturated heterocycles. The van der Waals surface area contributed by atoms with Crippen LogP contribution in [0.2, 0.25) is 0 Å². The van der Waals surface area contributed by atoms with Crippen LogP contribution in [0.4, 0.5) is 11.4 Å². The number of nitrogens with zero attached hydrogens (tertiary/aromatic N) is 2. The minimum absolute atomic E-state index is 0.107. The summed E-state index contributed by atoms with van der Waals surface area (Å²) < 4.78 is 9.88. The Morgan fingerprint density at radius 1 is 1.32 bits per heavy atom. The monoisotopic (exact) mass is 275 g/mol. The third-order valence-electron chi connectivity index (χ3n) is 2.67. The second-order valence-corrected chi connectivity index (χ2v) is 4.66. The first-order valence-electron chi connectivity index (χ1n) is 5.66. The lowest BCUT2D eigenvalue weighted by Crippen LogP contribution is -2.35. The van der Waals surface area contributed by atoms with Crippen LogP contribution in [0.3, 0.4) is 0 Å². The average molecular weight is 275 g/mol. The number of nitrogens with one attached hydrogen (secondary N) is 1. The summed E-state index contributed by atoms with van der Waals surface area (Å²) in [5.74, 6) is 0.107. The van der Waals surface area contributed by atoms with E-state index in [0.29, 0.717) is 12.3 Å². The summed E-state index contributed by atoms with van der Waals surface area (Å²) in [6.45, 7) is 2.10. The van der Waals surface area contributed by atoms with Gasteiger partial charge in [0.1, 0.15) is 11.2 Å². The highest BCUT2D eigenvalue weighted by Crippen LogP contribution is 2.26. The van der Waals surface area contributed by atoms with Gasteiger partial charge in [-0.15, -0.1) is 5.10 Å². The standard InChI is InChI=1S/C12H9N3O3S/c1-2-18-12-9(10(16)11(12)17)13-6-3-4-7-8(5-6)19-15-14-7/h3-5,13H,2H2,1H3. The molecule has 19 heavy (non-hydrogen) atoms. The van der Waals surface area contributed by atoms with Crippen LogP contribution in [0, 0.1) is 0 Å². The van der Waals surface area contributed by atoms with E-state index in [1.807, 2.05) is 6.07 Å². The Labute approximate surface area is 111 Å². The molecule has 0 atom stereocenters. The Hall–Kier alpha value is -2.28. The lowest BCUT2D eigenvalue weighted by atomic mass is 10.2. The van der Waals surface area contributed by atoms with Crippen molar-refractivity contribution in [1.29, 1.82) is 0 Å². The number of hydrogen-bond acceptors (Lipinski definition) is 7. The number of hydrogen-bond donors (Lipinski definition) is 1. The zero-order valence-corrected chi connectivity index (χ0v) is 10.8. The first kappa shape index (κ1) is 11.8. The molecule has 0 spiro atoms. The van der Waals surface area contributed by atoms with Crippen molar-refractivity contribution in [3.8, 4) is 5.75 Å². The van der Waals surface area contributed by atoms with E-state index in [1.165, 1.54) is 11.5 Å². The van der Waals surface area contributed by atoms with E-state index < -0.39 is 10.9 Å². The molecule has 0 aliphatic heterocycles. The lowest BCUT2D eigenvalue weighted by Gasteiger charge is -2.12. The number of rotatable bonds is 4. The molecule has 2 aromatic carbocycles. The maximum Gasteiger partial charge on any atom is 0.272 e. The van der Waals surface area contributed by atoms with Crippen molar-refractivity contribution in [3.63, 3.8) is 0 Å². The van der Waals surface area contributed by atoms with Crippen LogP contribution < -0.4 is 20.9 Å². The molecule has 0 fully saturated rings. The van der Waals surface area contributed by atoms with E-state index in [9.17, 15) is 9.59 Å². The number of benzene rings is 1. The summed E-state index contributed by atoms with van der Waals surface area (Å²) in [4.78, 5) is 22.8. The SMILES string of the molecule is CCOc1c(Nc2ccc3nnsc3c2)c(=O)c1=O. The molecule has 0 radical (unpaired) electrons. The topological polar surface area (TPSA) is 81.2 Å². The molecule has 0 aliphatic rings. The van der Waals surface area contributed by atoms with Gasteiger partial charge in [-0.2, -0.15) is 0 Å². The Bertz CT molecular complexity index is 817. The van der Waals surface area contributed by atoms with Crippen LogP contribution in [0.15, 0.2) is 27.8 Å². The molecular formula is C12H9N3O3S. The first-order chi connectivity index (χ1) is 9.20. The van der Waals surface area contributed by atoms with Crippen molar-refractivity contribution in [1.82, 2.24) is 9.59 Å². The van der Waals surface area contributed by atoms with Crippen molar-refractivity contribution in [3.05, 3.63) is 38.6 Å². The Morgan fingerprint density at radius 3 is 2.95 bits per heavy atom. The molecule has 0 aliphatic carbocycles. The highest BCUT2D eigenvalue weighted by Gasteiger charge is 2.22. The Balaban J connectivity index is 1.94. The predicted molar refractivity (Wildman–Crippen MR) is 73.2 cm³/mol. The van der Waals surface area contributed by atoms with Gasteiger partial charge >= 0.3 is 0 Å². The number of anilines is 2. The van der Waals surface area contributed by atoms with Gasteiger partial charge in [0.05, 0.1) is 11.3 Å². The van der Waals surface area contributed by atoms with Crippen LogP contribution in [0.1, 0.15) is 6.92 Å². The highest BCUT2D eigenvalue weighted by molar-refractivity contribution is 7.12. The normalized spacial score (nSPS) is 11.0. The Kier molecular flexibility index (Phi) is 2.75. The number of aromatic nitrogens is 2. The predicted octanol–water partition coefficient (Wildman–Crippen LogP) is 1.43. The van der Waals surface area contributed by atoms with Crippen LogP contribution >= 0.6 is 11.5 Å². The van der Waals surface area contributed by atoms with E-state index in [0.717, 1.165) is 10.2 Å². The molecule has 6 nitrogen and oxygen atoms in total. The van der Waals surface area contributed by atoms with Gasteiger partial charge in [-0.1, -0.05) is 4.49 Å². The van der Waals surface area contributed by atoms with Gasteiger partial charge in [0.15, 0.2) is 5.75 Å². The smallest absolute Gasteiger partial charge is 0.272 e. The summed E-state index contributed by atoms with van der Waals surface area (Å²) >= 11 is 1.27. The molecule has 96 valence electrons. The van der Waals surface area contributed by atoms with Crippen LogP contribution in [-0.4, -0.2) is 16.2 Å². The molecule has 1 N–H and O–H groups in total. The summed E-state index contributed by atoms with van der Waals surface area (Å²) in [5.41, 5.74) is 0.580. The fourth-order valence-corrected chi connectivity index (χ4v) is 2.37. The van der Waals surface area contributed by atoms with Gasteiger partial charge < -0.3 is 10.1 Å². The first-order valence-corrected chi connectivity index (χ1v) is 6.43. The molecule has 1 aromatic heterocycles. The molecule has 0 bridgehead atoms. The van der Waals surface area contributed by atoms with Gasteiger partial charge in [0, 0.05) is 5.69 Å². The number of fused-ring (bicyclic) bond motifs is 1. The van der Waals surface area contributed by atoms with Crippen LogP contribution in [0.25, 0.3) is 10.2 Å². The van der Waals surface area contributed by atoms with Gasteiger partial charge in [0.25, 0.3) is 10.9 Å². The average Bonchev–Trinajstić information content (AvgIpc) is 2.89. The van der Waals surface area contributed by atoms with E-state index in [1.54, 1.807) is 19.1 Å². The summed E-state index contributed by atoms with van der Waals surface area (Å²) in [6.07, 6.45) is 0. The largest absolute Gasteiger partial charge is 0.488 e. The van der Waals surface area contributed by atoms with Gasteiger partial charge in [-0.25, -0.2) is 0 Å². The molecule has 0 unspecified atom stereocenters. The zero-order valence-electron chi connectivity index (χ0n) is 9.97. The molecule has 0 amide bonds. The molecule has 3 rings (SSSR count). The minimum atomic E-state index is -0.579. The van der Waals surface area contributed by atoms with Crippen LogP contribution in [-0.2, 0) is 0 Å². The summed E-state index contributed by atoms with van der Waals surface area (Å²) in [5, 5.41) is 6.84. The van der Waals surface area contributed by atoms with E-state index in [-0.39, 0.29) is 11.4 Å². The molecule has 3 aromatic rings. The maximum atomic E-state index is 11.5. The third-order valence-corrected chi connectivity index (χ3v) is 3.36. The van der Waals surface area contributed by atoms with Crippen molar-refractivity contribution >= 4 is 33.1 Å². The van der Waals surface area contributed by atoms with Gasteiger partial charge in [-0.3, -0.25) is 9.59 Å². The second kappa shape index (κ2) is 4.43. The zero-order chi connectivity index (χ0) is 13.4. The maximum absolute atomic E-state index is 11.5. The summed E-state index contributed by atoms with van der Waals surface area (Å²) in [7, 11) is 0. The van der Waals surface area contributed by atoms with E-state index >= 15 is 0 Å². The fourth-order valence-electron chi connectivity index (χ4n) is 1.77. The van der Waals surface area contributed by atoms with E-state index in [2.05, 4.69) is 14.9 Å². The Morgan fingerprint density at radius 2 is 2.16 bits per heavy atom. The molecule has 1 heterocycles. The molecular weight excluding hydrogens is 266 g/mol. The number of ether oxygens (including phenoxy) is 1. The van der Waals surface area contributed by atoms with Crippen LogP contribution in [0.5, 0.6) is 5.75 Å². The minimum Gasteiger partial charge on any atom is -0.488 e. The van der Waals surface area contributed by atoms with E-state index in [4.69, 9.17) is 4.74 Å². The molecule has 0 saturated carbocycles. The quantitative estimate of drug-likeness (QED) is 0.725. The molecule has 7 heteroatoms. The van der Waals surface area contributed by atoms with Gasteiger partial charge in [0.2, 0.25) is 0 Å². The van der Waals surface area contributed by atoms with Gasteiger partial charge in [-0.05, 0) is 36.7 Å². The van der Waals surface area contributed by atoms with Crippen molar-refractivity contribution in [2.24, 2.45) is 0 Å². The second-order valence-electron chi connectivity index (χ2n) is 3.88.